The molecule has 0 saturated carbocycles. The van der Waals surface area contributed by atoms with Crippen LogP contribution in [-0.2, 0) is 16.1 Å². The first kappa shape index (κ1) is 13.8. The van der Waals surface area contributed by atoms with E-state index in [9.17, 15) is 4.79 Å². The van der Waals surface area contributed by atoms with E-state index in [2.05, 4.69) is 36.1 Å². The molecule has 3 nitrogen and oxygen atoms in total. The maximum Gasteiger partial charge on any atom is 0.309 e. The quantitative estimate of drug-likeness (QED) is 0.615. The van der Waals surface area contributed by atoms with Crippen LogP contribution in [0.15, 0.2) is 41.5 Å². The van der Waals surface area contributed by atoms with E-state index in [0.717, 1.165) is 26.1 Å². The molecule has 0 saturated heterocycles. The number of esters is 1. The fourth-order valence-corrected chi connectivity index (χ4v) is 2.49. The Morgan fingerprint density at radius 1 is 1.32 bits per heavy atom. The molecular weight excluding hydrogens is 238 g/mol. The average molecular weight is 259 g/mol. The average Bonchev–Trinajstić information content (AvgIpc) is 2.43. The van der Waals surface area contributed by atoms with Gasteiger partial charge in [-0.25, -0.2) is 0 Å². The maximum absolute atomic E-state index is 11.3. The second kappa shape index (κ2) is 6.53. The van der Waals surface area contributed by atoms with Crippen LogP contribution in [0.4, 0.5) is 0 Å². The van der Waals surface area contributed by atoms with Gasteiger partial charge in [-0.05, 0) is 18.9 Å². The van der Waals surface area contributed by atoms with Gasteiger partial charge < -0.3 is 4.74 Å². The number of methoxy groups -OCH3 is 1. The number of hydrogen-bond acceptors (Lipinski definition) is 3. The highest BCUT2D eigenvalue weighted by Crippen LogP contribution is 2.22. The summed E-state index contributed by atoms with van der Waals surface area (Å²) in [4.78, 5) is 13.8. The summed E-state index contributed by atoms with van der Waals surface area (Å²) in [5.74, 6) is -0.133. The van der Waals surface area contributed by atoms with E-state index < -0.39 is 0 Å². The first-order chi connectivity index (χ1) is 9.19. The Morgan fingerprint density at radius 3 is 2.68 bits per heavy atom. The lowest BCUT2D eigenvalue weighted by Gasteiger charge is -2.29. The van der Waals surface area contributed by atoms with Gasteiger partial charge in [0.05, 0.1) is 13.5 Å². The van der Waals surface area contributed by atoms with Crippen LogP contribution in [0, 0.1) is 0 Å². The highest BCUT2D eigenvalue weighted by molar-refractivity contribution is 5.72. The van der Waals surface area contributed by atoms with Crippen molar-refractivity contribution in [3.8, 4) is 0 Å². The van der Waals surface area contributed by atoms with Gasteiger partial charge in [-0.15, -0.1) is 0 Å². The third-order valence-electron chi connectivity index (χ3n) is 3.63. The van der Waals surface area contributed by atoms with Crippen molar-refractivity contribution in [1.82, 2.24) is 4.90 Å². The molecule has 1 aliphatic heterocycles. The molecule has 0 atom stereocenters. The van der Waals surface area contributed by atoms with Crippen LogP contribution in [0.1, 0.15) is 25.3 Å². The monoisotopic (exact) mass is 259 g/mol. The molecule has 19 heavy (non-hydrogen) atoms. The zero-order chi connectivity index (χ0) is 13.7. The number of carbonyl (C=O) groups excluding carboxylic acids is 1. The van der Waals surface area contributed by atoms with Gasteiger partial charge in [-0.2, -0.15) is 0 Å². The van der Waals surface area contributed by atoms with Gasteiger partial charge >= 0.3 is 5.97 Å². The van der Waals surface area contributed by atoms with Gasteiger partial charge in [-0.1, -0.05) is 41.5 Å². The molecule has 3 heteroatoms. The Balaban J connectivity index is 1.94. The van der Waals surface area contributed by atoms with Crippen LogP contribution in [0.5, 0.6) is 0 Å². The summed E-state index contributed by atoms with van der Waals surface area (Å²) < 4.78 is 4.74. The minimum absolute atomic E-state index is 0.133. The van der Waals surface area contributed by atoms with Gasteiger partial charge in [0, 0.05) is 19.6 Å². The summed E-state index contributed by atoms with van der Waals surface area (Å²) in [7, 11) is 1.45. The van der Waals surface area contributed by atoms with Crippen molar-refractivity contribution < 1.29 is 9.53 Å². The Hall–Kier alpha value is -1.61. The van der Waals surface area contributed by atoms with Crippen molar-refractivity contribution in [3.63, 3.8) is 0 Å². The van der Waals surface area contributed by atoms with Crippen molar-refractivity contribution >= 4 is 5.97 Å². The normalized spacial score (nSPS) is 16.5. The Labute approximate surface area is 114 Å². The summed E-state index contributed by atoms with van der Waals surface area (Å²) >= 11 is 0. The maximum atomic E-state index is 11.3. The van der Waals surface area contributed by atoms with Crippen LogP contribution < -0.4 is 0 Å². The summed E-state index contributed by atoms with van der Waals surface area (Å²) in [5, 5.41) is 0. The third kappa shape index (κ3) is 3.93. The lowest BCUT2D eigenvalue weighted by atomic mass is 9.98. The standard InChI is InChI=1S/C16H21NO2/c1-13-11-17(12-14-6-4-3-5-7-14)9-8-15(13)10-16(18)19-2/h3-7H,8-12H2,1-2H3. The predicted molar refractivity (Wildman–Crippen MR) is 75.7 cm³/mol. The molecular formula is C16H21NO2. The summed E-state index contributed by atoms with van der Waals surface area (Å²) in [6, 6.07) is 10.5. The molecule has 1 aliphatic rings. The van der Waals surface area contributed by atoms with Gasteiger partial charge in [0.1, 0.15) is 0 Å². The van der Waals surface area contributed by atoms with Crippen molar-refractivity contribution in [2.75, 3.05) is 20.2 Å². The molecule has 0 spiro atoms. The van der Waals surface area contributed by atoms with E-state index in [4.69, 9.17) is 4.74 Å². The Kier molecular flexibility index (Phi) is 4.74. The molecule has 0 amide bonds. The van der Waals surface area contributed by atoms with Gasteiger partial charge in [0.25, 0.3) is 0 Å². The van der Waals surface area contributed by atoms with Crippen LogP contribution in [0.25, 0.3) is 0 Å². The van der Waals surface area contributed by atoms with E-state index in [-0.39, 0.29) is 5.97 Å². The second-order valence-electron chi connectivity index (χ2n) is 5.08. The summed E-state index contributed by atoms with van der Waals surface area (Å²) in [6.45, 7) is 5.05. The highest BCUT2D eigenvalue weighted by Gasteiger charge is 2.18. The lowest BCUT2D eigenvalue weighted by molar-refractivity contribution is -0.139. The molecule has 0 N–H and O–H groups in total. The van der Waals surface area contributed by atoms with E-state index in [1.165, 1.54) is 23.8 Å². The minimum atomic E-state index is -0.133. The van der Waals surface area contributed by atoms with Crippen LogP contribution in [0.3, 0.4) is 0 Å². The van der Waals surface area contributed by atoms with E-state index in [0.29, 0.717) is 6.42 Å². The largest absolute Gasteiger partial charge is 0.469 e. The van der Waals surface area contributed by atoms with Crippen LogP contribution in [0.2, 0.25) is 0 Å². The van der Waals surface area contributed by atoms with Gasteiger partial charge in [0.2, 0.25) is 0 Å². The zero-order valence-electron chi connectivity index (χ0n) is 11.7. The third-order valence-corrected chi connectivity index (χ3v) is 3.63. The molecule has 1 aromatic rings. The molecule has 0 bridgehead atoms. The molecule has 1 heterocycles. The number of carbonyl (C=O) groups is 1. The molecule has 1 aromatic carbocycles. The molecule has 2 rings (SSSR count). The second-order valence-corrected chi connectivity index (χ2v) is 5.08. The van der Waals surface area contributed by atoms with Crippen molar-refractivity contribution in [2.45, 2.75) is 26.3 Å². The number of rotatable bonds is 4. The lowest BCUT2D eigenvalue weighted by Crippen LogP contribution is -2.31. The molecule has 0 aliphatic carbocycles. The van der Waals surface area contributed by atoms with E-state index >= 15 is 0 Å². The Bertz CT molecular complexity index is 465. The SMILES string of the molecule is COC(=O)CC1=C(C)CN(Cc2ccccc2)CC1. The molecule has 0 fully saturated rings. The molecule has 0 aromatic heterocycles. The number of ether oxygens (including phenoxy) is 1. The number of nitrogens with zero attached hydrogens (tertiary/aromatic N) is 1. The fourth-order valence-electron chi connectivity index (χ4n) is 2.49. The van der Waals surface area contributed by atoms with Crippen LogP contribution in [-0.4, -0.2) is 31.1 Å². The molecule has 0 unspecified atom stereocenters. The van der Waals surface area contributed by atoms with Crippen molar-refractivity contribution in [1.29, 1.82) is 0 Å². The van der Waals surface area contributed by atoms with Crippen molar-refractivity contribution in [2.24, 2.45) is 0 Å². The van der Waals surface area contributed by atoms with Crippen molar-refractivity contribution in [3.05, 3.63) is 47.0 Å². The number of hydrogen-bond donors (Lipinski definition) is 0. The fraction of sp³-hybridized carbons (Fsp3) is 0.438. The van der Waals surface area contributed by atoms with Gasteiger partial charge in [-0.3, -0.25) is 9.69 Å². The van der Waals surface area contributed by atoms with Crippen LogP contribution >= 0.6 is 0 Å². The van der Waals surface area contributed by atoms with E-state index in [1.54, 1.807) is 0 Å². The predicted octanol–water partition coefficient (Wildman–Crippen LogP) is 2.77. The smallest absolute Gasteiger partial charge is 0.309 e. The number of benzene rings is 1. The first-order valence-corrected chi connectivity index (χ1v) is 6.69. The molecule has 102 valence electrons. The Morgan fingerprint density at radius 2 is 2.05 bits per heavy atom. The summed E-state index contributed by atoms with van der Waals surface area (Å²) in [5.41, 5.74) is 3.90. The minimum Gasteiger partial charge on any atom is -0.469 e. The molecule has 0 radical (unpaired) electrons. The zero-order valence-corrected chi connectivity index (χ0v) is 11.7. The topological polar surface area (TPSA) is 29.5 Å². The van der Waals surface area contributed by atoms with Gasteiger partial charge in [0.15, 0.2) is 0 Å². The van der Waals surface area contributed by atoms with E-state index in [1.807, 2.05) is 6.07 Å². The summed E-state index contributed by atoms with van der Waals surface area (Å²) in [6.07, 6.45) is 1.41. The highest BCUT2D eigenvalue weighted by atomic mass is 16.5. The first-order valence-electron chi connectivity index (χ1n) is 6.69.